The summed E-state index contributed by atoms with van der Waals surface area (Å²) in [7, 11) is 0. The monoisotopic (exact) mass is 271 g/mol. The van der Waals surface area contributed by atoms with Gasteiger partial charge in [-0.15, -0.1) is 0 Å². The van der Waals surface area contributed by atoms with Crippen molar-refractivity contribution in [1.29, 1.82) is 0 Å². The molecule has 7 heteroatoms. The fourth-order valence-electron chi connectivity index (χ4n) is 1.33. The van der Waals surface area contributed by atoms with Gasteiger partial charge in [-0.2, -0.15) is 4.98 Å². The van der Waals surface area contributed by atoms with Gasteiger partial charge in [0.05, 0.1) is 11.4 Å². The molecule has 0 aliphatic carbocycles. The fraction of sp³-hybridized carbons (Fsp3) is 0.545. The summed E-state index contributed by atoms with van der Waals surface area (Å²) in [4.78, 5) is 19.6. The van der Waals surface area contributed by atoms with Gasteiger partial charge < -0.3 is 16.4 Å². The smallest absolute Gasteiger partial charge is 0.242 e. The van der Waals surface area contributed by atoms with Crippen LogP contribution >= 0.6 is 11.6 Å². The normalized spacial score (nSPS) is 12.0. The van der Waals surface area contributed by atoms with Crippen molar-refractivity contribution in [2.75, 3.05) is 17.6 Å². The van der Waals surface area contributed by atoms with Gasteiger partial charge in [-0.1, -0.05) is 6.92 Å². The maximum atomic E-state index is 11.7. The van der Waals surface area contributed by atoms with Crippen molar-refractivity contribution >= 4 is 29.0 Å². The summed E-state index contributed by atoms with van der Waals surface area (Å²) in [5, 5.41) is 5.81. The number of aryl methyl sites for hydroxylation is 1. The Bertz CT molecular complexity index is 438. The number of hydrogen-bond donors (Lipinski definition) is 3. The first-order chi connectivity index (χ1) is 8.45. The summed E-state index contributed by atoms with van der Waals surface area (Å²) in [5.74, 6) is 0.273. The molecule has 18 heavy (non-hydrogen) atoms. The van der Waals surface area contributed by atoms with E-state index in [4.69, 9.17) is 17.3 Å². The summed E-state index contributed by atoms with van der Waals surface area (Å²) in [6.07, 6.45) is 0.888. The van der Waals surface area contributed by atoms with Crippen LogP contribution in [0.4, 0.5) is 11.5 Å². The molecule has 1 rings (SSSR count). The molecule has 1 amide bonds. The predicted octanol–water partition coefficient (Wildman–Crippen LogP) is 1.35. The molecule has 1 unspecified atom stereocenters. The number of halogens is 1. The molecule has 100 valence electrons. The van der Waals surface area contributed by atoms with Gasteiger partial charge in [0.25, 0.3) is 0 Å². The highest BCUT2D eigenvalue weighted by molar-refractivity contribution is 6.28. The first kappa shape index (κ1) is 14.5. The molecule has 0 bridgehead atoms. The lowest BCUT2D eigenvalue weighted by Crippen LogP contribution is -2.38. The number of nitrogens with two attached hydrogens (primary N) is 1. The van der Waals surface area contributed by atoms with Gasteiger partial charge in [0.15, 0.2) is 5.82 Å². The molecule has 6 nitrogen and oxygen atoms in total. The fourth-order valence-corrected chi connectivity index (χ4v) is 1.54. The molecule has 4 N–H and O–H groups in total. The molecular formula is C11H18ClN5O. The first-order valence-electron chi connectivity index (χ1n) is 5.79. The van der Waals surface area contributed by atoms with Crippen molar-refractivity contribution in [3.8, 4) is 0 Å². The number of amides is 1. The number of hydrogen-bond acceptors (Lipinski definition) is 5. The largest absolute Gasteiger partial charge is 0.394 e. The van der Waals surface area contributed by atoms with Crippen molar-refractivity contribution in [3.05, 3.63) is 11.0 Å². The van der Waals surface area contributed by atoms with E-state index in [2.05, 4.69) is 20.6 Å². The van der Waals surface area contributed by atoms with Gasteiger partial charge in [0.1, 0.15) is 6.04 Å². The van der Waals surface area contributed by atoms with Gasteiger partial charge in [0.2, 0.25) is 11.2 Å². The average molecular weight is 272 g/mol. The topological polar surface area (TPSA) is 92.9 Å². The number of nitrogen functional groups attached to an aromatic ring is 1. The third-order valence-electron chi connectivity index (χ3n) is 2.40. The minimum absolute atomic E-state index is 0.102. The second-order valence-corrected chi connectivity index (χ2v) is 4.34. The predicted molar refractivity (Wildman–Crippen MR) is 72.6 cm³/mol. The van der Waals surface area contributed by atoms with Crippen LogP contribution in [0.15, 0.2) is 0 Å². The standard InChI is InChI=1S/C11H18ClN5O/c1-4-5-14-10(18)7(3)15-9-8(13)6(2)16-11(12)17-9/h7H,4-5,13H2,1-3H3,(H,14,18)(H,15,16,17). The Morgan fingerprint density at radius 2 is 2.17 bits per heavy atom. The lowest BCUT2D eigenvalue weighted by atomic mass is 10.3. The molecule has 0 spiro atoms. The molecule has 1 aromatic heterocycles. The van der Waals surface area contributed by atoms with Crippen LogP contribution < -0.4 is 16.4 Å². The zero-order valence-electron chi connectivity index (χ0n) is 10.7. The maximum Gasteiger partial charge on any atom is 0.242 e. The molecule has 1 heterocycles. The lowest BCUT2D eigenvalue weighted by molar-refractivity contribution is -0.121. The van der Waals surface area contributed by atoms with E-state index in [1.54, 1.807) is 13.8 Å². The minimum atomic E-state index is -0.441. The number of carbonyl (C=O) groups excluding carboxylic acids is 1. The zero-order valence-corrected chi connectivity index (χ0v) is 11.5. The highest BCUT2D eigenvalue weighted by Gasteiger charge is 2.15. The number of nitrogens with zero attached hydrogens (tertiary/aromatic N) is 2. The third kappa shape index (κ3) is 3.73. The van der Waals surface area contributed by atoms with E-state index in [0.717, 1.165) is 6.42 Å². The molecule has 1 atom stereocenters. The van der Waals surface area contributed by atoms with Crippen LogP contribution in [-0.4, -0.2) is 28.5 Å². The Morgan fingerprint density at radius 3 is 2.78 bits per heavy atom. The van der Waals surface area contributed by atoms with E-state index in [1.807, 2.05) is 6.92 Å². The Hall–Kier alpha value is -1.56. The molecule has 0 aliphatic rings. The Morgan fingerprint density at radius 1 is 1.50 bits per heavy atom. The van der Waals surface area contributed by atoms with Crippen molar-refractivity contribution in [3.63, 3.8) is 0 Å². The summed E-state index contributed by atoms with van der Waals surface area (Å²) in [6, 6.07) is -0.441. The van der Waals surface area contributed by atoms with Gasteiger partial charge in [0, 0.05) is 6.54 Å². The molecule has 0 fully saturated rings. The quantitative estimate of drug-likeness (QED) is 0.703. The van der Waals surface area contributed by atoms with Crippen molar-refractivity contribution in [1.82, 2.24) is 15.3 Å². The first-order valence-corrected chi connectivity index (χ1v) is 6.17. The van der Waals surface area contributed by atoms with Crippen LogP contribution in [0.2, 0.25) is 5.28 Å². The molecule has 0 saturated heterocycles. The summed E-state index contributed by atoms with van der Waals surface area (Å²) < 4.78 is 0. The van der Waals surface area contributed by atoms with E-state index in [0.29, 0.717) is 23.7 Å². The summed E-state index contributed by atoms with van der Waals surface area (Å²) >= 11 is 5.75. The van der Waals surface area contributed by atoms with Crippen LogP contribution in [0, 0.1) is 6.92 Å². The summed E-state index contributed by atoms with van der Waals surface area (Å²) in [6.45, 7) is 6.10. The van der Waals surface area contributed by atoms with Crippen molar-refractivity contribution in [2.24, 2.45) is 0 Å². The van der Waals surface area contributed by atoms with Crippen molar-refractivity contribution < 1.29 is 4.79 Å². The highest BCUT2D eigenvalue weighted by Crippen LogP contribution is 2.21. The third-order valence-corrected chi connectivity index (χ3v) is 2.57. The van der Waals surface area contributed by atoms with E-state index in [-0.39, 0.29) is 11.2 Å². The molecule has 1 aromatic rings. The minimum Gasteiger partial charge on any atom is -0.394 e. The molecule has 0 aromatic carbocycles. The van der Waals surface area contributed by atoms with E-state index >= 15 is 0 Å². The zero-order chi connectivity index (χ0) is 13.7. The molecule has 0 radical (unpaired) electrons. The second kappa shape index (κ2) is 6.39. The molecule has 0 aliphatic heterocycles. The van der Waals surface area contributed by atoms with E-state index in [9.17, 15) is 4.79 Å². The molecule has 0 saturated carbocycles. The highest BCUT2D eigenvalue weighted by atomic mass is 35.5. The SMILES string of the molecule is CCCNC(=O)C(C)Nc1nc(Cl)nc(C)c1N. The second-order valence-electron chi connectivity index (χ2n) is 4.00. The molecular weight excluding hydrogens is 254 g/mol. The number of nitrogens with one attached hydrogen (secondary N) is 2. The Labute approximate surface area is 111 Å². The van der Waals surface area contributed by atoms with E-state index < -0.39 is 6.04 Å². The average Bonchev–Trinajstić information content (AvgIpc) is 2.32. The number of aromatic nitrogens is 2. The Balaban J connectivity index is 2.75. The van der Waals surface area contributed by atoms with E-state index in [1.165, 1.54) is 0 Å². The van der Waals surface area contributed by atoms with Gasteiger partial charge in [-0.05, 0) is 31.9 Å². The summed E-state index contributed by atoms with van der Waals surface area (Å²) in [5.41, 5.74) is 6.80. The van der Waals surface area contributed by atoms with Gasteiger partial charge in [-0.3, -0.25) is 4.79 Å². The lowest BCUT2D eigenvalue weighted by Gasteiger charge is -2.16. The van der Waals surface area contributed by atoms with Gasteiger partial charge >= 0.3 is 0 Å². The van der Waals surface area contributed by atoms with Crippen LogP contribution in [0.1, 0.15) is 26.0 Å². The van der Waals surface area contributed by atoms with Crippen LogP contribution in [0.3, 0.4) is 0 Å². The van der Waals surface area contributed by atoms with Crippen LogP contribution in [-0.2, 0) is 4.79 Å². The number of rotatable bonds is 5. The van der Waals surface area contributed by atoms with Gasteiger partial charge in [-0.25, -0.2) is 4.98 Å². The van der Waals surface area contributed by atoms with Crippen LogP contribution in [0.5, 0.6) is 0 Å². The van der Waals surface area contributed by atoms with Crippen LogP contribution in [0.25, 0.3) is 0 Å². The Kier molecular flexibility index (Phi) is 5.15. The van der Waals surface area contributed by atoms with Crippen molar-refractivity contribution in [2.45, 2.75) is 33.2 Å². The number of carbonyl (C=O) groups is 1. The maximum absolute atomic E-state index is 11.7. The number of anilines is 2.